The van der Waals surface area contributed by atoms with Gasteiger partial charge < -0.3 is 4.74 Å². The Hall–Kier alpha value is -1.44. The molecule has 0 aliphatic rings. The minimum absolute atomic E-state index is 0.597. The molecule has 0 aliphatic carbocycles. The molecule has 9 heteroatoms. The summed E-state index contributed by atoms with van der Waals surface area (Å²) in [6, 6.07) is 0.597. The van der Waals surface area contributed by atoms with E-state index in [4.69, 9.17) is 11.6 Å². The Morgan fingerprint density at radius 2 is 2.05 bits per heavy atom. The van der Waals surface area contributed by atoms with Gasteiger partial charge in [0.1, 0.15) is 11.4 Å². The van der Waals surface area contributed by atoms with E-state index in [-0.39, 0.29) is 0 Å². The van der Waals surface area contributed by atoms with E-state index in [1.165, 1.54) is 0 Å². The Balaban J connectivity index is 3.39. The maximum atomic E-state index is 12.7. The van der Waals surface area contributed by atoms with Gasteiger partial charge in [0, 0.05) is 10.6 Å². The summed E-state index contributed by atoms with van der Waals surface area (Å²) in [6.45, 7) is 0. The van der Waals surface area contributed by atoms with Gasteiger partial charge in [-0.1, -0.05) is 11.6 Å². The average molecular weight is 304 g/mol. The molecule has 0 unspecified atom stereocenters. The first kappa shape index (κ1) is 15.6. The highest BCUT2D eigenvalue weighted by Gasteiger charge is 2.38. The van der Waals surface area contributed by atoms with Crippen molar-refractivity contribution < 1.29 is 31.5 Å². The van der Waals surface area contributed by atoms with Gasteiger partial charge in [0.25, 0.3) is 6.43 Å². The lowest BCUT2D eigenvalue weighted by atomic mass is 10.1. The first-order valence-electron chi connectivity index (χ1n) is 4.78. The van der Waals surface area contributed by atoms with Gasteiger partial charge in [-0.15, -0.1) is 0 Å². The smallest absolute Gasteiger partial charge is 0.433 e. The number of hydrogen-bond donors (Lipinski definition) is 0. The molecule has 0 radical (unpaired) electrons. The molecule has 1 heterocycles. The third-order valence-electron chi connectivity index (χ3n) is 2.13. The number of methoxy groups -OCH3 is 1. The molecule has 0 N–H and O–H groups in total. The van der Waals surface area contributed by atoms with E-state index in [0.717, 1.165) is 7.11 Å². The van der Waals surface area contributed by atoms with Crippen molar-refractivity contribution in [1.82, 2.24) is 4.98 Å². The standard InChI is InChI=1S/C10H7ClF5NO2/c1-19-7(18)2-4-5(11)3-6(9(12)13)17-8(4)10(14,15)16/h3,9H,2H2,1H3. The molecule has 106 valence electrons. The zero-order valence-corrected chi connectivity index (χ0v) is 10.1. The van der Waals surface area contributed by atoms with Crippen LogP contribution in [0.15, 0.2) is 6.07 Å². The molecule has 0 amide bonds. The number of pyridine rings is 1. The molecule has 0 aliphatic heterocycles. The van der Waals surface area contributed by atoms with Crippen LogP contribution in [0.3, 0.4) is 0 Å². The van der Waals surface area contributed by atoms with E-state index in [1.807, 2.05) is 0 Å². The van der Waals surface area contributed by atoms with E-state index in [0.29, 0.717) is 6.07 Å². The number of carbonyl (C=O) groups is 1. The molecular formula is C10H7ClF5NO2. The first-order chi connectivity index (χ1) is 8.66. The lowest BCUT2D eigenvalue weighted by Crippen LogP contribution is -2.17. The van der Waals surface area contributed by atoms with Crippen LogP contribution < -0.4 is 0 Å². The van der Waals surface area contributed by atoms with Crippen molar-refractivity contribution in [2.75, 3.05) is 7.11 Å². The molecule has 3 nitrogen and oxygen atoms in total. The highest BCUT2D eigenvalue weighted by Crippen LogP contribution is 2.36. The average Bonchev–Trinajstić information content (AvgIpc) is 2.29. The van der Waals surface area contributed by atoms with E-state index >= 15 is 0 Å². The summed E-state index contributed by atoms with van der Waals surface area (Å²) in [5, 5.41) is -0.608. The van der Waals surface area contributed by atoms with Crippen molar-refractivity contribution >= 4 is 17.6 Å². The molecule has 0 bridgehead atoms. The second-order valence-corrected chi connectivity index (χ2v) is 3.81. The third kappa shape index (κ3) is 3.76. The number of alkyl halides is 5. The van der Waals surface area contributed by atoms with Gasteiger partial charge in [-0.2, -0.15) is 13.2 Å². The van der Waals surface area contributed by atoms with Crippen molar-refractivity contribution in [3.8, 4) is 0 Å². The van der Waals surface area contributed by atoms with E-state index in [2.05, 4.69) is 9.72 Å². The van der Waals surface area contributed by atoms with Crippen LogP contribution in [-0.4, -0.2) is 18.1 Å². The van der Waals surface area contributed by atoms with Crippen molar-refractivity contribution in [3.63, 3.8) is 0 Å². The molecule has 0 aromatic carbocycles. The van der Waals surface area contributed by atoms with Crippen LogP contribution in [0, 0.1) is 0 Å². The fourth-order valence-corrected chi connectivity index (χ4v) is 1.56. The molecule has 0 saturated heterocycles. The molecule has 0 saturated carbocycles. The number of halogens is 6. The minimum atomic E-state index is -5.00. The lowest BCUT2D eigenvalue weighted by Gasteiger charge is -2.14. The quantitative estimate of drug-likeness (QED) is 0.634. The zero-order chi connectivity index (χ0) is 14.8. The number of esters is 1. The highest BCUT2D eigenvalue weighted by atomic mass is 35.5. The molecule has 0 atom stereocenters. The van der Waals surface area contributed by atoms with Crippen LogP contribution >= 0.6 is 11.6 Å². The van der Waals surface area contributed by atoms with Crippen LogP contribution in [0.25, 0.3) is 0 Å². The molecule has 1 rings (SSSR count). The topological polar surface area (TPSA) is 39.2 Å². The Morgan fingerprint density at radius 3 is 2.47 bits per heavy atom. The summed E-state index contributed by atoms with van der Waals surface area (Å²) in [5.74, 6) is -0.987. The summed E-state index contributed by atoms with van der Waals surface area (Å²) in [6.07, 6.45) is -9.01. The third-order valence-corrected chi connectivity index (χ3v) is 2.47. The normalized spacial score (nSPS) is 11.8. The number of nitrogens with zero attached hydrogens (tertiary/aromatic N) is 1. The second-order valence-electron chi connectivity index (χ2n) is 3.41. The second kappa shape index (κ2) is 5.68. The number of hydrogen-bond acceptors (Lipinski definition) is 3. The molecule has 0 fully saturated rings. The fraction of sp³-hybridized carbons (Fsp3) is 0.400. The predicted molar refractivity (Wildman–Crippen MR) is 54.9 cm³/mol. The Morgan fingerprint density at radius 1 is 1.47 bits per heavy atom. The first-order valence-corrected chi connectivity index (χ1v) is 5.16. The number of ether oxygens (including phenoxy) is 1. The molecule has 19 heavy (non-hydrogen) atoms. The van der Waals surface area contributed by atoms with E-state index in [1.54, 1.807) is 0 Å². The lowest BCUT2D eigenvalue weighted by molar-refractivity contribution is -0.143. The van der Waals surface area contributed by atoms with Crippen molar-refractivity contribution in [1.29, 1.82) is 0 Å². The van der Waals surface area contributed by atoms with Gasteiger partial charge in [0.05, 0.1) is 13.5 Å². The number of aromatic nitrogens is 1. The summed E-state index contributed by atoms with van der Waals surface area (Å²) in [4.78, 5) is 13.8. The van der Waals surface area contributed by atoms with Crippen LogP contribution in [0.1, 0.15) is 23.4 Å². The van der Waals surface area contributed by atoms with Crippen molar-refractivity contribution in [2.45, 2.75) is 19.0 Å². The Labute approximate surface area is 109 Å². The Kier molecular flexibility index (Phi) is 4.67. The van der Waals surface area contributed by atoms with Crippen molar-refractivity contribution in [3.05, 3.63) is 28.0 Å². The SMILES string of the molecule is COC(=O)Cc1c(Cl)cc(C(F)F)nc1C(F)(F)F. The van der Waals surface area contributed by atoms with Crippen LogP contribution in [0.4, 0.5) is 22.0 Å². The van der Waals surface area contributed by atoms with Gasteiger partial charge in [0.2, 0.25) is 0 Å². The number of carbonyl (C=O) groups excluding carboxylic acids is 1. The summed E-state index contributed by atoms with van der Waals surface area (Å²) >= 11 is 5.50. The van der Waals surface area contributed by atoms with Gasteiger partial charge in [-0.25, -0.2) is 13.8 Å². The van der Waals surface area contributed by atoms with E-state index in [9.17, 15) is 26.7 Å². The summed E-state index contributed by atoms with van der Waals surface area (Å²) < 4.78 is 67.1. The Bertz CT molecular complexity index is 490. The van der Waals surface area contributed by atoms with Gasteiger partial charge in [-0.3, -0.25) is 4.79 Å². The van der Waals surface area contributed by atoms with Crippen molar-refractivity contribution in [2.24, 2.45) is 0 Å². The summed E-state index contributed by atoms with van der Waals surface area (Å²) in [5.41, 5.74) is -3.41. The van der Waals surface area contributed by atoms with Gasteiger partial charge in [-0.05, 0) is 6.07 Å². The molecular weight excluding hydrogens is 297 g/mol. The molecule has 1 aromatic heterocycles. The zero-order valence-electron chi connectivity index (χ0n) is 9.39. The molecule has 1 aromatic rings. The largest absolute Gasteiger partial charge is 0.469 e. The fourth-order valence-electron chi connectivity index (χ4n) is 1.29. The van der Waals surface area contributed by atoms with Crippen LogP contribution in [-0.2, 0) is 22.1 Å². The molecule has 0 spiro atoms. The monoisotopic (exact) mass is 303 g/mol. The minimum Gasteiger partial charge on any atom is -0.469 e. The van der Waals surface area contributed by atoms with Gasteiger partial charge >= 0.3 is 12.1 Å². The van der Waals surface area contributed by atoms with Crippen LogP contribution in [0.2, 0.25) is 5.02 Å². The van der Waals surface area contributed by atoms with Crippen LogP contribution in [0.5, 0.6) is 0 Å². The number of rotatable bonds is 3. The predicted octanol–water partition coefficient (Wildman–Crippen LogP) is 3.41. The van der Waals surface area contributed by atoms with Gasteiger partial charge in [0.15, 0.2) is 0 Å². The van der Waals surface area contributed by atoms with E-state index < -0.39 is 47.0 Å². The maximum Gasteiger partial charge on any atom is 0.433 e. The summed E-state index contributed by atoms with van der Waals surface area (Å²) in [7, 11) is 0.977. The maximum absolute atomic E-state index is 12.7. The highest BCUT2D eigenvalue weighted by molar-refractivity contribution is 6.31.